The molecule has 1 amide bonds. The Morgan fingerprint density at radius 2 is 1.94 bits per heavy atom. The summed E-state index contributed by atoms with van der Waals surface area (Å²) in [5.41, 5.74) is 11.9. The van der Waals surface area contributed by atoms with Crippen molar-refractivity contribution in [2.45, 2.75) is 31.9 Å². The molecule has 5 nitrogen and oxygen atoms in total. The van der Waals surface area contributed by atoms with Crippen molar-refractivity contribution in [1.82, 2.24) is 0 Å². The molecule has 0 aliphatic carbocycles. The molecule has 5 N–H and O–H groups in total. The molecule has 0 heterocycles. The van der Waals surface area contributed by atoms with E-state index in [1.54, 1.807) is 13.8 Å². The maximum Gasteiger partial charge on any atom is 0.405 e. The summed E-state index contributed by atoms with van der Waals surface area (Å²) in [6.07, 6.45) is -0.219. The SMILES string of the molecule is CC(C)(Cc1ccc(C(N)CO)cc1)OC(N)=O. The zero-order valence-corrected chi connectivity index (χ0v) is 10.7. The second-order valence-electron chi connectivity index (χ2n) is 4.89. The molecule has 0 saturated carbocycles. The standard InChI is InChI=1S/C13H20N2O3/c1-13(2,18-12(15)17)7-9-3-5-10(6-4-9)11(14)8-16/h3-6,11,16H,7-8,14H2,1-2H3,(H2,15,17). The number of aliphatic hydroxyl groups is 1. The molecule has 0 aromatic heterocycles. The van der Waals surface area contributed by atoms with Gasteiger partial charge in [0.25, 0.3) is 0 Å². The van der Waals surface area contributed by atoms with Crippen LogP contribution in [-0.2, 0) is 11.2 Å². The van der Waals surface area contributed by atoms with Gasteiger partial charge in [0.15, 0.2) is 0 Å². The van der Waals surface area contributed by atoms with E-state index in [2.05, 4.69) is 0 Å². The van der Waals surface area contributed by atoms with Crippen LogP contribution in [0, 0.1) is 0 Å². The Morgan fingerprint density at radius 1 is 1.39 bits per heavy atom. The number of hydrogen-bond acceptors (Lipinski definition) is 4. The average Bonchev–Trinajstić information content (AvgIpc) is 2.26. The van der Waals surface area contributed by atoms with Gasteiger partial charge in [-0.3, -0.25) is 0 Å². The summed E-state index contributed by atoms with van der Waals surface area (Å²) in [5.74, 6) is 0. The molecule has 18 heavy (non-hydrogen) atoms. The number of primary amides is 1. The van der Waals surface area contributed by atoms with Gasteiger partial charge in [-0.1, -0.05) is 24.3 Å². The average molecular weight is 252 g/mol. The van der Waals surface area contributed by atoms with Gasteiger partial charge in [0.2, 0.25) is 0 Å². The first-order chi connectivity index (χ1) is 8.34. The van der Waals surface area contributed by atoms with Crippen LogP contribution >= 0.6 is 0 Å². The van der Waals surface area contributed by atoms with Crippen LogP contribution in [0.2, 0.25) is 0 Å². The van der Waals surface area contributed by atoms with Gasteiger partial charge in [0.05, 0.1) is 12.6 Å². The summed E-state index contributed by atoms with van der Waals surface area (Å²) in [7, 11) is 0. The number of aliphatic hydroxyl groups excluding tert-OH is 1. The van der Waals surface area contributed by atoms with Crippen molar-refractivity contribution in [1.29, 1.82) is 0 Å². The monoisotopic (exact) mass is 252 g/mol. The van der Waals surface area contributed by atoms with Crippen molar-refractivity contribution in [3.63, 3.8) is 0 Å². The zero-order valence-electron chi connectivity index (χ0n) is 10.7. The van der Waals surface area contributed by atoms with Crippen LogP contribution in [0.4, 0.5) is 4.79 Å². The van der Waals surface area contributed by atoms with E-state index in [1.807, 2.05) is 24.3 Å². The number of nitrogens with two attached hydrogens (primary N) is 2. The quantitative estimate of drug-likeness (QED) is 0.730. The highest BCUT2D eigenvalue weighted by molar-refractivity contribution is 5.65. The Labute approximate surface area is 107 Å². The molecular weight excluding hydrogens is 232 g/mol. The lowest BCUT2D eigenvalue weighted by atomic mass is 9.96. The topological polar surface area (TPSA) is 98.6 Å². The summed E-state index contributed by atoms with van der Waals surface area (Å²) in [4.78, 5) is 10.7. The predicted octanol–water partition coefficient (Wildman–Crippen LogP) is 1.10. The molecule has 1 atom stereocenters. The highest BCUT2D eigenvalue weighted by atomic mass is 16.6. The predicted molar refractivity (Wildman–Crippen MR) is 68.9 cm³/mol. The lowest BCUT2D eigenvalue weighted by molar-refractivity contribution is 0.0460. The minimum Gasteiger partial charge on any atom is -0.443 e. The lowest BCUT2D eigenvalue weighted by Crippen LogP contribution is -2.33. The van der Waals surface area contributed by atoms with Gasteiger partial charge in [-0.2, -0.15) is 0 Å². The second kappa shape index (κ2) is 5.84. The van der Waals surface area contributed by atoms with Crippen molar-refractivity contribution in [2.75, 3.05) is 6.61 Å². The maximum absolute atomic E-state index is 10.7. The van der Waals surface area contributed by atoms with E-state index in [1.165, 1.54) is 0 Å². The van der Waals surface area contributed by atoms with Crippen molar-refractivity contribution in [2.24, 2.45) is 11.5 Å². The smallest absolute Gasteiger partial charge is 0.405 e. The van der Waals surface area contributed by atoms with Gasteiger partial charge < -0.3 is 21.3 Å². The number of ether oxygens (including phenoxy) is 1. The molecule has 1 aromatic carbocycles. The number of benzene rings is 1. The van der Waals surface area contributed by atoms with Crippen LogP contribution < -0.4 is 11.5 Å². The summed E-state index contributed by atoms with van der Waals surface area (Å²) in [6.45, 7) is 3.51. The van der Waals surface area contributed by atoms with Crippen molar-refractivity contribution >= 4 is 6.09 Å². The maximum atomic E-state index is 10.7. The zero-order chi connectivity index (χ0) is 13.8. The molecule has 100 valence electrons. The fourth-order valence-corrected chi connectivity index (χ4v) is 1.79. The number of rotatable bonds is 5. The fourth-order valence-electron chi connectivity index (χ4n) is 1.79. The van der Waals surface area contributed by atoms with Gasteiger partial charge in [-0.25, -0.2) is 4.79 Å². The van der Waals surface area contributed by atoms with Crippen LogP contribution in [0.5, 0.6) is 0 Å². The molecule has 0 aliphatic rings. The molecule has 0 spiro atoms. The molecule has 0 fully saturated rings. The number of carbonyl (C=O) groups excluding carboxylic acids is 1. The first-order valence-electron chi connectivity index (χ1n) is 5.78. The third-order valence-corrected chi connectivity index (χ3v) is 2.61. The molecule has 0 aliphatic heterocycles. The Hall–Kier alpha value is -1.59. The van der Waals surface area contributed by atoms with Crippen LogP contribution in [0.3, 0.4) is 0 Å². The highest BCUT2D eigenvalue weighted by Gasteiger charge is 2.22. The van der Waals surface area contributed by atoms with Crippen molar-refractivity contribution in [3.05, 3.63) is 35.4 Å². The van der Waals surface area contributed by atoms with Crippen molar-refractivity contribution in [3.8, 4) is 0 Å². The summed E-state index contributed by atoms with van der Waals surface area (Å²) >= 11 is 0. The Kier molecular flexibility index (Phi) is 4.69. The van der Waals surface area contributed by atoms with Crippen molar-refractivity contribution < 1.29 is 14.6 Å². The molecule has 1 unspecified atom stereocenters. The molecule has 5 heteroatoms. The highest BCUT2D eigenvalue weighted by Crippen LogP contribution is 2.19. The van der Waals surface area contributed by atoms with E-state index in [-0.39, 0.29) is 12.6 Å². The number of amides is 1. The van der Waals surface area contributed by atoms with E-state index in [0.29, 0.717) is 6.42 Å². The Morgan fingerprint density at radius 3 is 2.39 bits per heavy atom. The van der Waals surface area contributed by atoms with E-state index in [0.717, 1.165) is 11.1 Å². The fraction of sp³-hybridized carbons (Fsp3) is 0.462. The van der Waals surface area contributed by atoms with Crippen LogP contribution in [0.25, 0.3) is 0 Å². The third kappa shape index (κ3) is 4.35. The Balaban J connectivity index is 2.71. The first kappa shape index (κ1) is 14.5. The molecular formula is C13H20N2O3. The van der Waals surface area contributed by atoms with Crippen LogP contribution in [0.15, 0.2) is 24.3 Å². The van der Waals surface area contributed by atoms with Crippen LogP contribution in [0.1, 0.15) is 31.0 Å². The van der Waals surface area contributed by atoms with Gasteiger partial charge in [-0.15, -0.1) is 0 Å². The lowest BCUT2D eigenvalue weighted by Gasteiger charge is -2.24. The van der Waals surface area contributed by atoms with E-state index >= 15 is 0 Å². The summed E-state index contributed by atoms with van der Waals surface area (Å²) in [6, 6.07) is 7.15. The van der Waals surface area contributed by atoms with E-state index in [4.69, 9.17) is 21.3 Å². The van der Waals surface area contributed by atoms with Crippen LogP contribution in [-0.4, -0.2) is 23.4 Å². The Bertz CT molecular complexity index is 401. The third-order valence-electron chi connectivity index (χ3n) is 2.61. The van der Waals surface area contributed by atoms with E-state index < -0.39 is 11.7 Å². The second-order valence-corrected chi connectivity index (χ2v) is 4.89. The van der Waals surface area contributed by atoms with E-state index in [9.17, 15) is 4.79 Å². The largest absolute Gasteiger partial charge is 0.443 e. The summed E-state index contributed by atoms with van der Waals surface area (Å²) in [5, 5.41) is 8.95. The van der Waals surface area contributed by atoms with Gasteiger partial charge in [-0.05, 0) is 25.0 Å². The molecule has 1 aromatic rings. The minimum atomic E-state index is -0.779. The van der Waals surface area contributed by atoms with Gasteiger partial charge in [0.1, 0.15) is 5.60 Å². The molecule has 0 radical (unpaired) electrons. The molecule has 0 bridgehead atoms. The van der Waals surface area contributed by atoms with Gasteiger partial charge >= 0.3 is 6.09 Å². The molecule has 0 saturated heterocycles. The minimum absolute atomic E-state index is 0.0877. The van der Waals surface area contributed by atoms with Gasteiger partial charge in [0, 0.05) is 6.42 Å². The normalized spacial score (nSPS) is 13.1. The molecule has 1 rings (SSSR count). The summed E-state index contributed by atoms with van der Waals surface area (Å²) < 4.78 is 5.01. The number of hydrogen-bond donors (Lipinski definition) is 3. The first-order valence-corrected chi connectivity index (χ1v) is 5.78. The number of carbonyl (C=O) groups is 1.